The Kier molecular flexibility index (Phi) is 7.44. The molecule has 1 aliphatic carbocycles. The van der Waals surface area contributed by atoms with Gasteiger partial charge in [0.2, 0.25) is 0 Å². The number of aliphatic carboxylic acids is 1. The Morgan fingerprint density at radius 3 is 2.88 bits per heavy atom. The Bertz CT molecular complexity index is 530. The molecule has 0 aromatic rings. The molecular weight excluding hydrogens is 304 g/mol. The number of carboxylic acids is 1. The highest BCUT2D eigenvalue weighted by atomic mass is 16.6. The van der Waals surface area contributed by atoms with Gasteiger partial charge < -0.3 is 9.84 Å². The van der Waals surface area contributed by atoms with E-state index in [4.69, 9.17) is 9.84 Å². The summed E-state index contributed by atoms with van der Waals surface area (Å²) in [5.74, 6) is -0.533. The predicted octanol–water partition coefficient (Wildman–Crippen LogP) is 4.22. The van der Waals surface area contributed by atoms with Gasteiger partial charge in [0.15, 0.2) is 5.78 Å². The van der Waals surface area contributed by atoms with Crippen molar-refractivity contribution in [2.45, 2.75) is 70.5 Å². The molecule has 1 heterocycles. The van der Waals surface area contributed by atoms with Crippen LogP contribution in [0, 0.1) is 5.92 Å². The van der Waals surface area contributed by atoms with Gasteiger partial charge >= 0.3 is 5.97 Å². The number of carbonyl (C=O) groups excluding carboxylic acids is 1. The number of rotatable bonds is 11. The lowest BCUT2D eigenvalue weighted by Crippen LogP contribution is -2.05. The van der Waals surface area contributed by atoms with Crippen molar-refractivity contribution in [2.75, 3.05) is 0 Å². The molecule has 0 bridgehead atoms. The average molecular weight is 332 g/mol. The molecule has 0 amide bonds. The van der Waals surface area contributed by atoms with Gasteiger partial charge in [-0.25, -0.2) is 0 Å². The maximum atomic E-state index is 12.0. The predicted molar refractivity (Wildman–Crippen MR) is 93.8 cm³/mol. The summed E-state index contributed by atoms with van der Waals surface area (Å²) < 4.78 is 5.56. The first-order chi connectivity index (χ1) is 11.6. The number of ether oxygens (including phenoxy) is 1. The van der Waals surface area contributed by atoms with E-state index in [0.717, 1.165) is 24.8 Å². The number of hydrogen-bond donors (Lipinski definition) is 1. The van der Waals surface area contributed by atoms with Crippen LogP contribution in [0.15, 0.2) is 36.0 Å². The van der Waals surface area contributed by atoms with Crippen LogP contribution in [0.2, 0.25) is 0 Å². The van der Waals surface area contributed by atoms with E-state index < -0.39 is 5.97 Å². The van der Waals surface area contributed by atoms with Crippen LogP contribution in [-0.4, -0.2) is 29.1 Å². The van der Waals surface area contributed by atoms with Crippen LogP contribution in [0.5, 0.6) is 0 Å². The normalized spacial score (nSPS) is 27.5. The summed E-state index contributed by atoms with van der Waals surface area (Å²) in [6.45, 7) is 2.20. The first-order valence-corrected chi connectivity index (χ1v) is 9.08. The molecule has 0 saturated carbocycles. The molecule has 2 aliphatic rings. The molecule has 4 nitrogen and oxygen atoms in total. The van der Waals surface area contributed by atoms with E-state index in [0.29, 0.717) is 6.42 Å². The standard InChI is InChI=1S/C20H28O4/c1-2-3-4-5-6-7-9-15-12-13-17(21)16(15)14-19-18(24-19)10-8-11-20(22)23/h6-7,12-15,18-19H,2-5,8-11H2,1H3,(H,22,23)/t15-,18+,19+/m0/s1. The van der Waals surface area contributed by atoms with Crippen LogP contribution in [0.1, 0.15) is 58.3 Å². The van der Waals surface area contributed by atoms with Gasteiger partial charge in [-0.05, 0) is 44.3 Å². The van der Waals surface area contributed by atoms with Crippen molar-refractivity contribution in [3.05, 3.63) is 36.0 Å². The van der Waals surface area contributed by atoms with Crippen molar-refractivity contribution in [1.82, 2.24) is 0 Å². The van der Waals surface area contributed by atoms with Crippen LogP contribution < -0.4 is 0 Å². The highest BCUT2D eigenvalue weighted by molar-refractivity contribution is 6.07. The molecule has 0 unspecified atom stereocenters. The van der Waals surface area contributed by atoms with Crippen molar-refractivity contribution in [3.8, 4) is 0 Å². The van der Waals surface area contributed by atoms with Crippen molar-refractivity contribution < 1.29 is 19.4 Å². The van der Waals surface area contributed by atoms with Gasteiger partial charge in [0.05, 0.1) is 6.10 Å². The number of carbonyl (C=O) groups is 2. The van der Waals surface area contributed by atoms with Crippen LogP contribution in [0.4, 0.5) is 0 Å². The molecule has 1 saturated heterocycles. The van der Waals surface area contributed by atoms with Gasteiger partial charge in [0, 0.05) is 17.9 Å². The Labute approximate surface area is 144 Å². The van der Waals surface area contributed by atoms with E-state index in [2.05, 4.69) is 19.1 Å². The van der Waals surface area contributed by atoms with E-state index in [1.54, 1.807) is 6.08 Å². The number of ketones is 1. The van der Waals surface area contributed by atoms with Crippen molar-refractivity contribution >= 4 is 11.8 Å². The smallest absolute Gasteiger partial charge is 0.303 e. The molecule has 2 rings (SSSR count). The zero-order valence-electron chi connectivity index (χ0n) is 14.4. The second-order valence-electron chi connectivity index (χ2n) is 6.58. The minimum absolute atomic E-state index is 0.0197. The van der Waals surface area contributed by atoms with Crippen LogP contribution in [-0.2, 0) is 14.3 Å². The average Bonchev–Trinajstić information content (AvgIpc) is 3.19. The zero-order chi connectivity index (χ0) is 17.4. The monoisotopic (exact) mass is 332 g/mol. The van der Waals surface area contributed by atoms with Gasteiger partial charge in [-0.2, -0.15) is 0 Å². The summed E-state index contributed by atoms with van der Waals surface area (Å²) in [5.41, 5.74) is 0.832. The quantitative estimate of drug-likeness (QED) is 0.266. The minimum atomic E-state index is -0.772. The lowest BCUT2D eigenvalue weighted by molar-refractivity contribution is -0.137. The molecule has 24 heavy (non-hydrogen) atoms. The first-order valence-electron chi connectivity index (χ1n) is 9.08. The lowest BCUT2D eigenvalue weighted by atomic mass is 9.96. The molecule has 132 valence electrons. The molecule has 0 radical (unpaired) electrons. The molecule has 1 N–H and O–H groups in total. The fourth-order valence-corrected chi connectivity index (χ4v) is 3.04. The molecule has 0 spiro atoms. The number of epoxide rings is 1. The third-order valence-electron chi connectivity index (χ3n) is 4.54. The summed E-state index contributed by atoms with van der Waals surface area (Å²) in [6, 6.07) is 0. The maximum absolute atomic E-state index is 12.0. The largest absolute Gasteiger partial charge is 0.481 e. The molecule has 3 atom stereocenters. The van der Waals surface area contributed by atoms with Gasteiger partial charge in [-0.1, -0.05) is 38.0 Å². The summed E-state index contributed by atoms with van der Waals surface area (Å²) in [4.78, 5) is 22.5. The molecule has 1 aliphatic heterocycles. The van der Waals surface area contributed by atoms with Crippen molar-refractivity contribution in [1.29, 1.82) is 0 Å². The minimum Gasteiger partial charge on any atom is -0.481 e. The summed E-state index contributed by atoms with van der Waals surface area (Å²) in [6.07, 6.45) is 17.3. The lowest BCUT2D eigenvalue weighted by Gasteiger charge is -2.06. The highest BCUT2D eigenvalue weighted by Gasteiger charge is 2.38. The first kappa shape index (κ1) is 18.7. The third-order valence-corrected chi connectivity index (χ3v) is 4.54. The zero-order valence-corrected chi connectivity index (χ0v) is 14.4. The number of carboxylic acid groups (broad SMARTS) is 1. The fraction of sp³-hybridized carbons (Fsp3) is 0.600. The van der Waals surface area contributed by atoms with E-state index >= 15 is 0 Å². The molecular formula is C20H28O4. The summed E-state index contributed by atoms with van der Waals surface area (Å²) in [5, 5.41) is 8.65. The Balaban J connectivity index is 1.76. The maximum Gasteiger partial charge on any atom is 0.303 e. The SMILES string of the molecule is CCCCCC=CC[C@H]1C=CC(=O)C1=C[C@H]1O[C@@H]1CCCC(=O)O. The number of allylic oxidation sites excluding steroid dienone is 5. The van der Waals surface area contributed by atoms with Crippen LogP contribution >= 0.6 is 0 Å². The van der Waals surface area contributed by atoms with Gasteiger partial charge in [-0.3, -0.25) is 9.59 Å². The van der Waals surface area contributed by atoms with E-state index in [1.165, 1.54) is 19.3 Å². The highest BCUT2D eigenvalue weighted by Crippen LogP contribution is 2.33. The fourth-order valence-electron chi connectivity index (χ4n) is 3.04. The number of unbranched alkanes of at least 4 members (excludes halogenated alkanes) is 3. The van der Waals surface area contributed by atoms with Crippen LogP contribution in [0.25, 0.3) is 0 Å². The molecule has 4 heteroatoms. The second kappa shape index (κ2) is 9.58. The summed E-state index contributed by atoms with van der Waals surface area (Å²) >= 11 is 0. The summed E-state index contributed by atoms with van der Waals surface area (Å²) in [7, 11) is 0. The molecule has 1 fully saturated rings. The number of hydrogen-bond acceptors (Lipinski definition) is 3. The van der Waals surface area contributed by atoms with Gasteiger partial charge in [0.1, 0.15) is 6.10 Å². The van der Waals surface area contributed by atoms with Gasteiger partial charge in [0.25, 0.3) is 0 Å². The Morgan fingerprint density at radius 2 is 2.12 bits per heavy atom. The van der Waals surface area contributed by atoms with E-state index in [9.17, 15) is 9.59 Å². The molecule has 0 aromatic heterocycles. The third kappa shape index (κ3) is 6.08. The van der Waals surface area contributed by atoms with Crippen LogP contribution in [0.3, 0.4) is 0 Å². The molecule has 0 aromatic carbocycles. The van der Waals surface area contributed by atoms with E-state index in [-0.39, 0.29) is 30.3 Å². The Morgan fingerprint density at radius 1 is 1.29 bits per heavy atom. The van der Waals surface area contributed by atoms with Crippen molar-refractivity contribution in [3.63, 3.8) is 0 Å². The Hall–Kier alpha value is -1.68. The topological polar surface area (TPSA) is 66.9 Å². The van der Waals surface area contributed by atoms with E-state index in [1.807, 2.05) is 12.2 Å². The van der Waals surface area contributed by atoms with Gasteiger partial charge in [-0.15, -0.1) is 0 Å². The second-order valence-corrected chi connectivity index (χ2v) is 6.58. The van der Waals surface area contributed by atoms with Crippen molar-refractivity contribution in [2.24, 2.45) is 5.92 Å².